The average Bonchev–Trinajstić information content (AvgIpc) is 3.29. The summed E-state index contributed by atoms with van der Waals surface area (Å²) in [6, 6.07) is 12.3. The van der Waals surface area contributed by atoms with Crippen LogP contribution in [0.2, 0.25) is 0 Å². The van der Waals surface area contributed by atoms with Crippen molar-refractivity contribution in [3.8, 4) is 5.75 Å². The van der Waals surface area contributed by atoms with Crippen molar-refractivity contribution in [2.45, 2.75) is 37.1 Å². The first-order valence-corrected chi connectivity index (χ1v) is 10.8. The molecule has 0 spiro atoms. The van der Waals surface area contributed by atoms with E-state index in [0.29, 0.717) is 37.2 Å². The van der Waals surface area contributed by atoms with Crippen LogP contribution in [0.5, 0.6) is 5.75 Å². The fraction of sp³-hybridized carbons (Fsp3) is 0.458. The standard InChI is InChI=1S/C24H27F3N2O3/c1-31-23(12-13-28-16-23)18-4-2-17(3-5-18)22(30)29-14-10-21(11-15-29)32-20-8-6-19(7-9-20)24(25,26)27/h2-9,21,28H,10-16H2,1H3. The van der Waals surface area contributed by atoms with Crippen LogP contribution in [-0.2, 0) is 16.5 Å². The maximum absolute atomic E-state index is 12.9. The Bertz CT molecular complexity index is 915. The largest absolute Gasteiger partial charge is 0.490 e. The molecular formula is C24H27F3N2O3. The van der Waals surface area contributed by atoms with Crippen LogP contribution in [-0.4, -0.2) is 50.2 Å². The Hall–Kier alpha value is -2.58. The molecule has 2 aromatic carbocycles. The lowest BCUT2D eigenvalue weighted by molar-refractivity contribution is -0.137. The van der Waals surface area contributed by atoms with E-state index >= 15 is 0 Å². The normalized spacial score (nSPS) is 22.2. The zero-order valence-corrected chi connectivity index (χ0v) is 18.0. The predicted molar refractivity (Wildman–Crippen MR) is 114 cm³/mol. The Morgan fingerprint density at radius 1 is 1.06 bits per heavy atom. The van der Waals surface area contributed by atoms with Crippen LogP contribution in [0.3, 0.4) is 0 Å². The number of hydrogen-bond acceptors (Lipinski definition) is 4. The number of halogens is 3. The van der Waals surface area contributed by atoms with Gasteiger partial charge in [0.15, 0.2) is 0 Å². The minimum atomic E-state index is -4.36. The number of carbonyl (C=O) groups is 1. The lowest BCUT2D eigenvalue weighted by Gasteiger charge is -2.32. The third-order valence-corrected chi connectivity index (χ3v) is 6.38. The summed E-state index contributed by atoms with van der Waals surface area (Å²) in [6.45, 7) is 2.73. The number of likely N-dealkylation sites (tertiary alicyclic amines) is 1. The van der Waals surface area contributed by atoms with Crippen LogP contribution >= 0.6 is 0 Å². The molecule has 2 saturated heterocycles. The van der Waals surface area contributed by atoms with Crippen LogP contribution in [0.1, 0.15) is 40.7 Å². The number of benzene rings is 2. The first-order valence-electron chi connectivity index (χ1n) is 10.8. The Balaban J connectivity index is 1.31. The van der Waals surface area contributed by atoms with Crippen molar-refractivity contribution in [2.75, 3.05) is 33.3 Å². The lowest BCUT2D eigenvalue weighted by Crippen LogP contribution is -2.41. The van der Waals surface area contributed by atoms with Gasteiger partial charge >= 0.3 is 6.18 Å². The van der Waals surface area contributed by atoms with Gasteiger partial charge in [-0.1, -0.05) is 12.1 Å². The Kier molecular flexibility index (Phi) is 6.44. The van der Waals surface area contributed by atoms with E-state index in [9.17, 15) is 18.0 Å². The molecule has 2 aliphatic rings. The lowest BCUT2D eigenvalue weighted by atomic mass is 9.92. The van der Waals surface area contributed by atoms with Crippen molar-refractivity contribution in [3.63, 3.8) is 0 Å². The number of ether oxygens (including phenoxy) is 2. The van der Waals surface area contributed by atoms with Gasteiger partial charge in [0.2, 0.25) is 0 Å². The minimum absolute atomic E-state index is 0.0273. The van der Waals surface area contributed by atoms with E-state index in [1.54, 1.807) is 12.0 Å². The zero-order chi connectivity index (χ0) is 22.8. The van der Waals surface area contributed by atoms with E-state index < -0.39 is 11.7 Å². The molecule has 1 amide bonds. The van der Waals surface area contributed by atoms with Crippen molar-refractivity contribution in [1.82, 2.24) is 10.2 Å². The predicted octanol–water partition coefficient (Wildman–Crippen LogP) is 4.22. The smallest absolute Gasteiger partial charge is 0.416 e. The second kappa shape index (κ2) is 9.11. The third kappa shape index (κ3) is 4.76. The number of nitrogens with zero attached hydrogens (tertiary/aromatic N) is 1. The minimum Gasteiger partial charge on any atom is -0.490 e. The van der Waals surface area contributed by atoms with Crippen LogP contribution in [0.25, 0.3) is 0 Å². The maximum atomic E-state index is 12.9. The van der Waals surface area contributed by atoms with Gasteiger partial charge in [-0.05, 0) is 54.9 Å². The highest BCUT2D eigenvalue weighted by molar-refractivity contribution is 5.94. The van der Waals surface area contributed by atoms with E-state index in [0.717, 1.165) is 37.2 Å². The number of carbonyl (C=O) groups excluding carboxylic acids is 1. The number of hydrogen-bond donors (Lipinski definition) is 1. The van der Waals surface area contributed by atoms with Crippen molar-refractivity contribution >= 4 is 5.91 Å². The molecule has 2 aliphatic heterocycles. The molecule has 8 heteroatoms. The molecular weight excluding hydrogens is 421 g/mol. The first kappa shape index (κ1) is 22.6. The first-order chi connectivity index (χ1) is 15.3. The molecule has 1 atom stereocenters. The number of methoxy groups -OCH3 is 1. The number of piperidine rings is 1. The Labute approximate surface area is 185 Å². The summed E-state index contributed by atoms with van der Waals surface area (Å²) in [5, 5.41) is 3.32. The van der Waals surface area contributed by atoms with E-state index in [1.807, 2.05) is 24.3 Å². The van der Waals surface area contributed by atoms with Crippen molar-refractivity contribution in [1.29, 1.82) is 0 Å². The molecule has 0 bridgehead atoms. The van der Waals surface area contributed by atoms with Crippen LogP contribution < -0.4 is 10.1 Å². The molecule has 32 heavy (non-hydrogen) atoms. The molecule has 172 valence electrons. The van der Waals surface area contributed by atoms with Gasteiger partial charge < -0.3 is 19.7 Å². The zero-order valence-electron chi connectivity index (χ0n) is 18.0. The summed E-state index contributed by atoms with van der Waals surface area (Å²) in [4.78, 5) is 14.7. The van der Waals surface area contributed by atoms with Crippen molar-refractivity contribution < 1.29 is 27.4 Å². The maximum Gasteiger partial charge on any atom is 0.416 e. The molecule has 0 aliphatic carbocycles. The monoisotopic (exact) mass is 448 g/mol. The van der Waals surface area contributed by atoms with Gasteiger partial charge in [0.25, 0.3) is 5.91 Å². The SMILES string of the molecule is COC1(c2ccc(C(=O)N3CCC(Oc4ccc(C(F)(F)F)cc4)CC3)cc2)CCNC1. The fourth-order valence-corrected chi connectivity index (χ4v) is 4.40. The summed E-state index contributed by atoms with van der Waals surface area (Å²) >= 11 is 0. The van der Waals surface area contributed by atoms with Gasteiger partial charge in [0.05, 0.1) is 5.56 Å². The second-order valence-electron chi connectivity index (χ2n) is 8.33. The van der Waals surface area contributed by atoms with E-state index in [-0.39, 0.29) is 17.6 Å². The molecule has 2 heterocycles. The number of nitrogens with one attached hydrogen (secondary N) is 1. The number of rotatable bonds is 5. The van der Waals surface area contributed by atoms with Gasteiger partial charge in [-0.3, -0.25) is 4.79 Å². The summed E-state index contributed by atoms with van der Waals surface area (Å²) < 4.78 is 49.6. The summed E-state index contributed by atoms with van der Waals surface area (Å²) in [5.41, 5.74) is 0.658. The van der Waals surface area contributed by atoms with Gasteiger partial charge in [-0.2, -0.15) is 13.2 Å². The summed E-state index contributed by atoms with van der Waals surface area (Å²) in [6.07, 6.45) is -2.34. The molecule has 0 saturated carbocycles. The molecule has 2 fully saturated rings. The molecule has 0 aromatic heterocycles. The molecule has 1 unspecified atom stereocenters. The summed E-state index contributed by atoms with van der Waals surface area (Å²) in [7, 11) is 1.71. The van der Waals surface area contributed by atoms with Gasteiger partial charge in [0.1, 0.15) is 17.5 Å². The number of amides is 1. The third-order valence-electron chi connectivity index (χ3n) is 6.38. The molecule has 1 N–H and O–H groups in total. The molecule has 0 radical (unpaired) electrons. The van der Waals surface area contributed by atoms with Gasteiger partial charge in [-0.15, -0.1) is 0 Å². The highest BCUT2D eigenvalue weighted by Gasteiger charge is 2.36. The second-order valence-corrected chi connectivity index (χ2v) is 8.33. The molecule has 4 rings (SSSR count). The molecule has 5 nitrogen and oxygen atoms in total. The van der Waals surface area contributed by atoms with Crippen LogP contribution in [0.15, 0.2) is 48.5 Å². The summed E-state index contributed by atoms with van der Waals surface area (Å²) in [5.74, 6) is 0.382. The van der Waals surface area contributed by atoms with Gasteiger partial charge in [-0.25, -0.2) is 0 Å². The topological polar surface area (TPSA) is 50.8 Å². The quantitative estimate of drug-likeness (QED) is 0.744. The van der Waals surface area contributed by atoms with Crippen molar-refractivity contribution in [3.05, 3.63) is 65.2 Å². The van der Waals surface area contributed by atoms with Crippen molar-refractivity contribution in [2.24, 2.45) is 0 Å². The number of alkyl halides is 3. The Morgan fingerprint density at radius 2 is 1.72 bits per heavy atom. The van der Waals surface area contributed by atoms with E-state index in [1.165, 1.54) is 12.1 Å². The van der Waals surface area contributed by atoms with Crippen LogP contribution in [0, 0.1) is 0 Å². The van der Waals surface area contributed by atoms with E-state index in [4.69, 9.17) is 9.47 Å². The van der Waals surface area contributed by atoms with Crippen LogP contribution in [0.4, 0.5) is 13.2 Å². The van der Waals surface area contributed by atoms with Gasteiger partial charge in [0, 0.05) is 45.1 Å². The highest BCUT2D eigenvalue weighted by Crippen LogP contribution is 2.32. The average molecular weight is 448 g/mol. The fourth-order valence-electron chi connectivity index (χ4n) is 4.40. The van der Waals surface area contributed by atoms with E-state index in [2.05, 4.69) is 5.32 Å². The molecule has 2 aromatic rings. The highest BCUT2D eigenvalue weighted by atomic mass is 19.4. The Morgan fingerprint density at radius 3 is 2.25 bits per heavy atom.